The Hall–Kier alpha value is -2.64. The summed E-state index contributed by atoms with van der Waals surface area (Å²) in [5, 5.41) is 14.2. The molecule has 8 nitrogen and oxygen atoms in total. The predicted molar refractivity (Wildman–Crippen MR) is 89.1 cm³/mol. The van der Waals surface area contributed by atoms with Gasteiger partial charge in [-0.25, -0.2) is 0 Å². The molecule has 0 aliphatic rings. The summed E-state index contributed by atoms with van der Waals surface area (Å²) in [5.41, 5.74) is 0. The monoisotopic (exact) mass is 333 g/mol. The van der Waals surface area contributed by atoms with Gasteiger partial charge >= 0.3 is 0 Å². The van der Waals surface area contributed by atoms with Gasteiger partial charge in [0, 0.05) is 0 Å². The summed E-state index contributed by atoms with van der Waals surface area (Å²) < 4.78 is 11.1. The van der Waals surface area contributed by atoms with Gasteiger partial charge in [-0.3, -0.25) is 10.1 Å². The smallest absolute Gasteiger partial charge is 0.270 e. The zero-order chi connectivity index (χ0) is 17.4. The summed E-state index contributed by atoms with van der Waals surface area (Å²) >= 11 is 0. The number of aromatic nitrogens is 4. The van der Waals surface area contributed by atoms with E-state index in [9.17, 15) is 4.79 Å². The number of rotatable bonds is 9. The van der Waals surface area contributed by atoms with Gasteiger partial charge in [0.05, 0.1) is 12.6 Å². The van der Waals surface area contributed by atoms with E-state index in [1.165, 1.54) is 4.80 Å². The highest BCUT2D eigenvalue weighted by atomic mass is 16.5. The van der Waals surface area contributed by atoms with Gasteiger partial charge in [-0.15, -0.1) is 5.10 Å². The van der Waals surface area contributed by atoms with Crippen molar-refractivity contribution in [2.24, 2.45) is 0 Å². The van der Waals surface area contributed by atoms with Crippen LogP contribution in [0.2, 0.25) is 0 Å². The van der Waals surface area contributed by atoms with E-state index < -0.39 is 0 Å². The number of ether oxygens (including phenoxy) is 2. The molecular formula is C16H23N5O3. The van der Waals surface area contributed by atoms with Crippen LogP contribution >= 0.6 is 0 Å². The molecule has 0 saturated carbocycles. The van der Waals surface area contributed by atoms with E-state index in [2.05, 4.69) is 27.7 Å². The van der Waals surface area contributed by atoms with Gasteiger partial charge in [-0.1, -0.05) is 18.9 Å². The normalized spacial score (nSPS) is 11.8. The number of tetrazole rings is 1. The maximum absolute atomic E-state index is 11.8. The van der Waals surface area contributed by atoms with Crippen LogP contribution in [0, 0.1) is 0 Å². The quantitative estimate of drug-likeness (QED) is 0.757. The fourth-order valence-corrected chi connectivity index (χ4v) is 1.83. The molecule has 0 aliphatic heterocycles. The molecule has 0 radical (unpaired) electrons. The van der Waals surface area contributed by atoms with Crippen LogP contribution < -0.4 is 14.8 Å². The number of amides is 1. The Bertz CT molecular complexity index is 641. The third-order valence-corrected chi connectivity index (χ3v) is 3.23. The Labute approximate surface area is 141 Å². The van der Waals surface area contributed by atoms with Gasteiger partial charge in [0.1, 0.15) is 11.5 Å². The molecule has 0 fully saturated rings. The van der Waals surface area contributed by atoms with Crippen molar-refractivity contribution in [1.29, 1.82) is 0 Å². The lowest BCUT2D eigenvalue weighted by Gasteiger charge is -2.13. The molecule has 0 bridgehead atoms. The van der Waals surface area contributed by atoms with E-state index in [-0.39, 0.29) is 24.6 Å². The summed E-state index contributed by atoms with van der Waals surface area (Å²) in [7, 11) is 0. The van der Waals surface area contributed by atoms with E-state index in [1.807, 2.05) is 26.0 Å². The number of nitrogens with zero attached hydrogens (tertiary/aromatic N) is 4. The van der Waals surface area contributed by atoms with Crippen LogP contribution in [0.25, 0.3) is 0 Å². The first-order valence-electron chi connectivity index (χ1n) is 8.07. The van der Waals surface area contributed by atoms with E-state index in [1.54, 1.807) is 12.1 Å². The van der Waals surface area contributed by atoms with Crippen molar-refractivity contribution in [1.82, 2.24) is 20.2 Å². The Morgan fingerprint density at radius 3 is 2.62 bits per heavy atom. The molecule has 2 aromatic rings. The van der Waals surface area contributed by atoms with Crippen LogP contribution in [0.4, 0.5) is 5.95 Å². The number of carbonyl (C=O) groups excluding carboxylic acids is 1. The van der Waals surface area contributed by atoms with Gasteiger partial charge < -0.3 is 9.47 Å². The lowest BCUT2D eigenvalue weighted by atomic mass is 10.3. The van der Waals surface area contributed by atoms with Crippen molar-refractivity contribution in [2.45, 2.75) is 46.3 Å². The average Bonchev–Trinajstić information content (AvgIpc) is 3.01. The topological polar surface area (TPSA) is 91.2 Å². The highest BCUT2D eigenvalue weighted by molar-refractivity contribution is 5.90. The molecule has 24 heavy (non-hydrogen) atoms. The van der Waals surface area contributed by atoms with E-state index in [0.717, 1.165) is 18.6 Å². The molecule has 0 spiro atoms. The highest BCUT2D eigenvalue weighted by Crippen LogP contribution is 2.19. The van der Waals surface area contributed by atoms with Gasteiger partial charge in [0.25, 0.3) is 11.9 Å². The van der Waals surface area contributed by atoms with Crippen LogP contribution in [0.1, 0.15) is 33.6 Å². The minimum absolute atomic E-state index is 0.131. The van der Waals surface area contributed by atoms with E-state index in [4.69, 9.17) is 9.47 Å². The summed E-state index contributed by atoms with van der Waals surface area (Å²) in [6.07, 6.45) is 2.00. The van der Waals surface area contributed by atoms with Crippen LogP contribution in [0.3, 0.4) is 0 Å². The van der Waals surface area contributed by atoms with Crippen LogP contribution in [-0.2, 0) is 11.3 Å². The Kier molecular flexibility index (Phi) is 6.53. The minimum Gasteiger partial charge on any atom is -0.491 e. The maximum Gasteiger partial charge on any atom is 0.270 e. The fraction of sp³-hybridized carbons (Fsp3) is 0.500. The van der Waals surface area contributed by atoms with E-state index in [0.29, 0.717) is 12.3 Å². The average molecular weight is 333 g/mol. The molecule has 0 aliphatic carbocycles. The molecule has 1 atom stereocenters. The number of hydrogen-bond donors (Lipinski definition) is 1. The first kappa shape index (κ1) is 17.7. The summed E-state index contributed by atoms with van der Waals surface area (Å²) in [5.74, 6) is 1.20. The summed E-state index contributed by atoms with van der Waals surface area (Å²) in [4.78, 5) is 13.3. The van der Waals surface area contributed by atoms with Crippen molar-refractivity contribution in [3.05, 3.63) is 24.3 Å². The number of nitrogens with one attached hydrogen (secondary N) is 1. The minimum atomic E-state index is -0.342. The molecule has 2 rings (SSSR count). The highest BCUT2D eigenvalue weighted by Gasteiger charge is 2.08. The van der Waals surface area contributed by atoms with Gasteiger partial charge in [0.15, 0.2) is 6.61 Å². The van der Waals surface area contributed by atoms with Crippen molar-refractivity contribution >= 4 is 11.9 Å². The number of aryl methyl sites for hydroxylation is 1. The fourth-order valence-electron chi connectivity index (χ4n) is 1.83. The van der Waals surface area contributed by atoms with Gasteiger partial charge in [0.2, 0.25) is 0 Å². The molecule has 1 N–H and O–H groups in total. The number of benzene rings is 1. The Balaban J connectivity index is 1.78. The lowest BCUT2D eigenvalue weighted by molar-refractivity contribution is -0.118. The second kappa shape index (κ2) is 8.85. The zero-order valence-corrected chi connectivity index (χ0v) is 14.2. The lowest BCUT2D eigenvalue weighted by Crippen LogP contribution is -2.21. The van der Waals surface area contributed by atoms with Gasteiger partial charge in [-0.05, 0) is 49.2 Å². The van der Waals surface area contributed by atoms with Crippen LogP contribution in [0.5, 0.6) is 11.5 Å². The zero-order valence-electron chi connectivity index (χ0n) is 14.2. The summed E-state index contributed by atoms with van der Waals surface area (Å²) in [6, 6.07) is 7.16. The second-order valence-corrected chi connectivity index (χ2v) is 5.35. The Morgan fingerprint density at radius 2 is 1.96 bits per heavy atom. The molecular weight excluding hydrogens is 310 g/mol. The summed E-state index contributed by atoms with van der Waals surface area (Å²) in [6.45, 7) is 6.61. The molecule has 8 heteroatoms. The molecule has 0 saturated heterocycles. The largest absolute Gasteiger partial charge is 0.491 e. The predicted octanol–water partition coefficient (Wildman–Crippen LogP) is 2.28. The number of anilines is 1. The number of carbonyl (C=O) groups is 1. The number of hydrogen-bond acceptors (Lipinski definition) is 6. The van der Waals surface area contributed by atoms with Crippen molar-refractivity contribution < 1.29 is 14.3 Å². The molecule has 1 aromatic heterocycles. The molecule has 1 aromatic carbocycles. The first-order valence-corrected chi connectivity index (χ1v) is 8.07. The van der Waals surface area contributed by atoms with Crippen molar-refractivity contribution in [3.8, 4) is 11.5 Å². The molecule has 1 heterocycles. The van der Waals surface area contributed by atoms with Gasteiger partial charge in [-0.2, -0.15) is 4.80 Å². The third-order valence-electron chi connectivity index (χ3n) is 3.23. The Morgan fingerprint density at radius 1 is 1.25 bits per heavy atom. The SMILES string of the molecule is CCCn1nnc(NC(=O)COc2ccc(OC(C)CC)cc2)n1. The first-order chi connectivity index (χ1) is 11.6. The maximum atomic E-state index is 11.8. The van der Waals surface area contributed by atoms with Crippen molar-refractivity contribution in [2.75, 3.05) is 11.9 Å². The van der Waals surface area contributed by atoms with Crippen molar-refractivity contribution in [3.63, 3.8) is 0 Å². The molecule has 130 valence electrons. The third kappa shape index (κ3) is 5.53. The standard InChI is InChI=1S/C16H23N5O3/c1-4-10-21-19-16(18-20-21)17-15(22)11-23-13-6-8-14(9-7-13)24-12(3)5-2/h6-9,12H,4-5,10-11H2,1-3H3,(H,17,19,22). The van der Waals surface area contributed by atoms with Crippen LogP contribution in [-0.4, -0.2) is 38.8 Å². The molecule has 1 unspecified atom stereocenters. The van der Waals surface area contributed by atoms with E-state index >= 15 is 0 Å². The second-order valence-electron chi connectivity index (χ2n) is 5.35. The molecule has 1 amide bonds. The van der Waals surface area contributed by atoms with Crippen LogP contribution in [0.15, 0.2) is 24.3 Å².